The van der Waals surface area contributed by atoms with Gasteiger partial charge in [-0.05, 0) is 56.2 Å². The van der Waals surface area contributed by atoms with Crippen LogP contribution in [0.25, 0.3) is 0 Å². The van der Waals surface area contributed by atoms with E-state index in [0.29, 0.717) is 11.3 Å². The molecule has 5 nitrogen and oxygen atoms in total. The van der Waals surface area contributed by atoms with Crippen LogP contribution in [0, 0.1) is 20.8 Å². The number of aryl methyl sites for hydroxylation is 3. The zero-order valence-electron chi connectivity index (χ0n) is 14.6. The fraction of sp³-hybridized carbons (Fsp3) is 0.263. The minimum Gasteiger partial charge on any atom is -0.452 e. The van der Waals surface area contributed by atoms with Crippen molar-refractivity contribution in [2.75, 3.05) is 11.9 Å². The number of esters is 1. The average Bonchev–Trinajstić information content (AvgIpc) is 2.53. The van der Waals surface area contributed by atoms with Crippen LogP contribution >= 0.6 is 0 Å². The molecule has 0 radical (unpaired) electrons. The number of amides is 1. The van der Waals surface area contributed by atoms with E-state index < -0.39 is 25.1 Å². The fourth-order valence-corrected chi connectivity index (χ4v) is 2.62. The maximum absolute atomic E-state index is 12.2. The van der Waals surface area contributed by atoms with Crippen molar-refractivity contribution in [1.82, 2.24) is 0 Å². The van der Waals surface area contributed by atoms with Crippen LogP contribution in [0.15, 0.2) is 36.4 Å². The molecule has 26 heavy (non-hydrogen) atoms. The summed E-state index contributed by atoms with van der Waals surface area (Å²) in [5.74, 6) is -1.13. The van der Waals surface area contributed by atoms with E-state index in [1.807, 2.05) is 19.1 Å². The lowest BCUT2D eigenvalue weighted by atomic mass is 10.00. The molecule has 0 spiro atoms. The first-order valence-electron chi connectivity index (χ1n) is 7.86. The normalized spacial score (nSPS) is 10.5. The van der Waals surface area contributed by atoms with E-state index >= 15 is 0 Å². The SMILES string of the molecule is Cc1cc(C)c(C(=O)OCC(=O)Nc2ccc(OC(F)F)cc2)c(C)c1. The van der Waals surface area contributed by atoms with Crippen molar-refractivity contribution in [2.24, 2.45) is 0 Å². The Morgan fingerprint density at radius 1 is 1.04 bits per heavy atom. The average molecular weight is 363 g/mol. The number of carbonyl (C=O) groups is 2. The summed E-state index contributed by atoms with van der Waals surface area (Å²) in [7, 11) is 0. The number of hydrogen-bond donors (Lipinski definition) is 1. The van der Waals surface area contributed by atoms with Crippen LogP contribution in [0.1, 0.15) is 27.0 Å². The molecule has 0 bridgehead atoms. The van der Waals surface area contributed by atoms with Crippen LogP contribution in [0.4, 0.5) is 14.5 Å². The number of carbonyl (C=O) groups excluding carboxylic acids is 2. The number of halogens is 2. The van der Waals surface area contributed by atoms with Gasteiger partial charge in [0, 0.05) is 5.69 Å². The first kappa shape index (κ1) is 19.4. The zero-order valence-corrected chi connectivity index (χ0v) is 14.6. The van der Waals surface area contributed by atoms with Crippen LogP contribution in [-0.2, 0) is 9.53 Å². The Balaban J connectivity index is 1.91. The van der Waals surface area contributed by atoms with E-state index in [2.05, 4.69) is 10.1 Å². The summed E-state index contributed by atoms with van der Waals surface area (Å²) in [6.45, 7) is 2.17. The van der Waals surface area contributed by atoms with Gasteiger partial charge in [0.25, 0.3) is 5.91 Å². The monoisotopic (exact) mass is 363 g/mol. The van der Waals surface area contributed by atoms with Gasteiger partial charge in [0.2, 0.25) is 0 Å². The molecule has 0 aliphatic carbocycles. The summed E-state index contributed by atoms with van der Waals surface area (Å²) in [5, 5.41) is 2.51. The molecule has 0 aliphatic rings. The second kappa shape index (κ2) is 8.42. The summed E-state index contributed by atoms with van der Waals surface area (Å²) < 4.78 is 33.5. The predicted molar refractivity (Wildman–Crippen MR) is 92.6 cm³/mol. The van der Waals surface area contributed by atoms with Crippen LogP contribution in [0.2, 0.25) is 0 Å². The van der Waals surface area contributed by atoms with Gasteiger partial charge in [-0.25, -0.2) is 4.79 Å². The molecule has 0 heterocycles. The zero-order chi connectivity index (χ0) is 19.3. The lowest BCUT2D eigenvalue weighted by molar-refractivity contribution is -0.119. The Kier molecular flexibility index (Phi) is 6.27. The lowest BCUT2D eigenvalue weighted by Gasteiger charge is -2.11. The highest BCUT2D eigenvalue weighted by Gasteiger charge is 2.16. The van der Waals surface area contributed by atoms with Crippen molar-refractivity contribution in [3.63, 3.8) is 0 Å². The van der Waals surface area contributed by atoms with Gasteiger partial charge in [-0.1, -0.05) is 17.7 Å². The van der Waals surface area contributed by atoms with E-state index in [4.69, 9.17) is 4.74 Å². The molecule has 0 unspecified atom stereocenters. The van der Waals surface area contributed by atoms with Crippen molar-refractivity contribution in [1.29, 1.82) is 0 Å². The molecule has 2 aromatic carbocycles. The molecule has 0 saturated carbocycles. The molecule has 0 aliphatic heterocycles. The van der Waals surface area contributed by atoms with Crippen molar-refractivity contribution < 1.29 is 27.8 Å². The third kappa shape index (κ3) is 5.27. The Morgan fingerprint density at radius 3 is 2.15 bits per heavy atom. The molecule has 2 aromatic rings. The maximum atomic E-state index is 12.2. The second-order valence-corrected chi connectivity index (χ2v) is 5.80. The van der Waals surface area contributed by atoms with E-state index in [-0.39, 0.29) is 5.75 Å². The topological polar surface area (TPSA) is 64.6 Å². The van der Waals surface area contributed by atoms with Crippen molar-refractivity contribution in [3.8, 4) is 5.75 Å². The largest absolute Gasteiger partial charge is 0.452 e. The van der Waals surface area contributed by atoms with Crippen molar-refractivity contribution >= 4 is 17.6 Å². The smallest absolute Gasteiger partial charge is 0.387 e. The highest BCUT2D eigenvalue weighted by molar-refractivity contribution is 5.97. The molecule has 1 amide bonds. The van der Waals surface area contributed by atoms with Gasteiger partial charge in [0.05, 0.1) is 5.56 Å². The van der Waals surface area contributed by atoms with Gasteiger partial charge < -0.3 is 14.8 Å². The van der Waals surface area contributed by atoms with Gasteiger partial charge in [0.15, 0.2) is 6.61 Å². The highest BCUT2D eigenvalue weighted by Crippen LogP contribution is 2.19. The minimum atomic E-state index is -2.91. The molecule has 138 valence electrons. The fourth-order valence-electron chi connectivity index (χ4n) is 2.62. The van der Waals surface area contributed by atoms with Crippen LogP contribution in [0.5, 0.6) is 5.75 Å². The molecule has 0 atom stereocenters. The standard InChI is InChI=1S/C19H19F2NO4/c1-11-8-12(2)17(13(3)9-11)18(24)25-10-16(23)22-14-4-6-15(7-5-14)26-19(20)21/h4-9,19H,10H2,1-3H3,(H,22,23). The van der Waals surface area contributed by atoms with Gasteiger partial charge in [-0.15, -0.1) is 0 Å². The molecule has 2 rings (SSSR count). The van der Waals surface area contributed by atoms with E-state index in [1.54, 1.807) is 13.8 Å². The van der Waals surface area contributed by atoms with Gasteiger partial charge in [-0.2, -0.15) is 8.78 Å². The quantitative estimate of drug-likeness (QED) is 0.788. The molecular weight excluding hydrogens is 344 g/mol. The Morgan fingerprint density at radius 2 is 1.62 bits per heavy atom. The molecule has 7 heteroatoms. The van der Waals surface area contributed by atoms with E-state index in [9.17, 15) is 18.4 Å². The summed E-state index contributed by atoms with van der Waals surface area (Å²) in [6, 6.07) is 9.15. The third-order valence-electron chi connectivity index (χ3n) is 3.58. The summed E-state index contributed by atoms with van der Waals surface area (Å²) >= 11 is 0. The van der Waals surface area contributed by atoms with E-state index in [0.717, 1.165) is 16.7 Å². The maximum Gasteiger partial charge on any atom is 0.387 e. The van der Waals surface area contributed by atoms with E-state index in [1.165, 1.54) is 24.3 Å². The number of anilines is 1. The van der Waals surface area contributed by atoms with Crippen molar-refractivity contribution in [2.45, 2.75) is 27.4 Å². The Hall–Kier alpha value is -2.96. The number of alkyl halides is 2. The number of nitrogens with one attached hydrogen (secondary N) is 1. The summed E-state index contributed by atoms with van der Waals surface area (Å²) in [6.07, 6.45) is 0. The number of ether oxygens (including phenoxy) is 2. The Bertz CT molecular complexity index is 781. The summed E-state index contributed by atoms with van der Waals surface area (Å²) in [4.78, 5) is 24.1. The Labute approximate surface area is 149 Å². The highest BCUT2D eigenvalue weighted by atomic mass is 19.3. The number of benzene rings is 2. The van der Waals surface area contributed by atoms with Gasteiger partial charge in [0.1, 0.15) is 5.75 Å². The van der Waals surface area contributed by atoms with Gasteiger partial charge in [-0.3, -0.25) is 4.79 Å². The van der Waals surface area contributed by atoms with Crippen LogP contribution in [-0.4, -0.2) is 25.1 Å². The number of rotatable bonds is 6. The first-order valence-corrected chi connectivity index (χ1v) is 7.86. The summed E-state index contributed by atoms with van der Waals surface area (Å²) in [5.41, 5.74) is 3.41. The minimum absolute atomic E-state index is 0.0188. The van der Waals surface area contributed by atoms with Crippen LogP contribution in [0.3, 0.4) is 0 Å². The third-order valence-corrected chi connectivity index (χ3v) is 3.58. The first-order chi connectivity index (χ1) is 12.3. The molecular formula is C19H19F2NO4. The van der Waals surface area contributed by atoms with Crippen molar-refractivity contribution in [3.05, 3.63) is 58.7 Å². The van der Waals surface area contributed by atoms with Gasteiger partial charge >= 0.3 is 12.6 Å². The second-order valence-electron chi connectivity index (χ2n) is 5.80. The lowest BCUT2D eigenvalue weighted by Crippen LogP contribution is -2.21. The number of hydrogen-bond acceptors (Lipinski definition) is 4. The molecule has 1 N–H and O–H groups in total. The van der Waals surface area contributed by atoms with Crippen LogP contribution < -0.4 is 10.1 Å². The molecule has 0 aromatic heterocycles. The molecule has 0 saturated heterocycles. The predicted octanol–water partition coefficient (Wildman–Crippen LogP) is 4.01. The molecule has 0 fully saturated rings.